The van der Waals surface area contributed by atoms with Gasteiger partial charge in [0, 0.05) is 12.0 Å². The molecule has 8 heavy (non-hydrogen) atoms. The van der Waals surface area contributed by atoms with Gasteiger partial charge in [0.15, 0.2) is 0 Å². The van der Waals surface area contributed by atoms with Crippen LogP contribution >= 0.6 is 11.6 Å². The van der Waals surface area contributed by atoms with Crippen molar-refractivity contribution in [3.63, 3.8) is 0 Å². The van der Waals surface area contributed by atoms with E-state index in [2.05, 4.69) is 0 Å². The maximum Gasteiger partial charge on any atom is 0.245 e. The van der Waals surface area contributed by atoms with E-state index < -0.39 is 0 Å². The number of hydrogen-bond acceptors (Lipinski definition) is 2. The molecular weight excluding hydrogens is 142 g/mol. The van der Waals surface area contributed by atoms with Crippen molar-refractivity contribution in [1.29, 1.82) is 0 Å². The zero-order chi connectivity index (χ0) is 6.41. The van der Waals surface area contributed by atoms with Gasteiger partial charge in [-0.1, -0.05) is 0 Å². The Hall–Kier alpha value is 0.427. The third-order valence-corrected chi connectivity index (χ3v) is 1.76. The van der Waals surface area contributed by atoms with Gasteiger partial charge in [-0.15, -0.1) is 11.6 Å². The van der Waals surface area contributed by atoms with E-state index in [0.717, 1.165) is 0 Å². The molecule has 0 aromatic carbocycles. The SMILES string of the molecule is CC(CCl)O[Si]CN. The van der Waals surface area contributed by atoms with Crippen molar-refractivity contribution in [3.8, 4) is 0 Å². The lowest BCUT2D eigenvalue weighted by atomic mass is 10.5. The molecule has 2 radical (unpaired) electrons. The van der Waals surface area contributed by atoms with E-state index in [1.54, 1.807) is 0 Å². The van der Waals surface area contributed by atoms with Gasteiger partial charge in [0.1, 0.15) is 0 Å². The van der Waals surface area contributed by atoms with Crippen LogP contribution in [0, 0.1) is 0 Å². The molecule has 1 unspecified atom stereocenters. The van der Waals surface area contributed by atoms with Gasteiger partial charge in [0.05, 0.1) is 6.10 Å². The first-order valence-electron chi connectivity index (χ1n) is 2.45. The minimum atomic E-state index is 0.151. The quantitative estimate of drug-likeness (QED) is 0.459. The minimum absolute atomic E-state index is 0.151. The monoisotopic (exact) mass is 151 g/mol. The second-order valence-electron chi connectivity index (χ2n) is 1.43. The van der Waals surface area contributed by atoms with Gasteiger partial charge in [-0.3, -0.25) is 0 Å². The molecule has 0 aromatic rings. The van der Waals surface area contributed by atoms with Crippen molar-refractivity contribution in [2.45, 2.75) is 13.0 Å². The Balaban J connectivity index is 2.86. The molecule has 0 heterocycles. The molecule has 0 aliphatic heterocycles. The summed E-state index contributed by atoms with van der Waals surface area (Å²) in [6.45, 7) is 1.93. The summed E-state index contributed by atoms with van der Waals surface area (Å²) in [7, 11) is 0.395. The van der Waals surface area contributed by atoms with Crippen LogP contribution in [0.25, 0.3) is 0 Å². The zero-order valence-electron chi connectivity index (χ0n) is 4.86. The summed E-state index contributed by atoms with van der Waals surface area (Å²) in [6, 6.07) is 0. The number of alkyl halides is 1. The lowest BCUT2D eigenvalue weighted by Gasteiger charge is -2.05. The molecule has 0 fully saturated rings. The van der Waals surface area contributed by atoms with Crippen LogP contribution in [0.5, 0.6) is 0 Å². The molecule has 4 heteroatoms. The summed E-state index contributed by atoms with van der Waals surface area (Å²) in [5.41, 5.74) is 5.18. The van der Waals surface area contributed by atoms with Gasteiger partial charge in [-0.2, -0.15) is 0 Å². The van der Waals surface area contributed by atoms with Crippen LogP contribution in [0.15, 0.2) is 0 Å². The summed E-state index contributed by atoms with van der Waals surface area (Å²) in [5.74, 6) is 0.549. The summed E-state index contributed by atoms with van der Waals surface area (Å²) in [4.78, 5) is 0. The summed E-state index contributed by atoms with van der Waals surface area (Å²) >= 11 is 5.43. The number of nitrogens with two attached hydrogens (primary N) is 1. The standard InChI is InChI=1S/C4H10ClNOSi/c1-4(2-5)7-8-3-6/h4H,2-3,6H2,1H3. The van der Waals surface area contributed by atoms with Crippen LogP contribution in [0.1, 0.15) is 6.92 Å². The van der Waals surface area contributed by atoms with Crippen LogP contribution in [0.2, 0.25) is 0 Å². The third kappa shape index (κ3) is 4.58. The van der Waals surface area contributed by atoms with E-state index in [4.69, 9.17) is 21.8 Å². The normalized spacial score (nSPS) is 13.9. The molecule has 0 aliphatic carbocycles. The molecule has 0 saturated carbocycles. The fraction of sp³-hybridized carbons (Fsp3) is 1.00. The van der Waals surface area contributed by atoms with E-state index in [-0.39, 0.29) is 6.10 Å². The Labute approximate surface area is 57.3 Å². The number of halogens is 1. The van der Waals surface area contributed by atoms with Gasteiger partial charge in [0.25, 0.3) is 0 Å². The highest BCUT2D eigenvalue weighted by molar-refractivity contribution is 6.27. The highest BCUT2D eigenvalue weighted by Crippen LogP contribution is 1.89. The molecule has 48 valence electrons. The first-order chi connectivity index (χ1) is 3.81. The van der Waals surface area contributed by atoms with Gasteiger partial charge < -0.3 is 10.2 Å². The highest BCUT2D eigenvalue weighted by atomic mass is 35.5. The van der Waals surface area contributed by atoms with Gasteiger partial charge in [0.2, 0.25) is 9.76 Å². The Morgan fingerprint density at radius 1 is 1.88 bits per heavy atom. The molecule has 2 nitrogen and oxygen atoms in total. The molecule has 0 saturated heterocycles. The van der Waals surface area contributed by atoms with E-state index in [1.807, 2.05) is 6.92 Å². The van der Waals surface area contributed by atoms with Crippen molar-refractivity contribution in [3.05, 3.63) is 0 Å². The van der Waals surface area contributed by atoms with Crippen molar-refractivity contribution in [2.24, 2.45) is 5.73 Å². The molecule has 0 bridgehead atoms. The Bertz CT molecular complexity index is 55.3. The van der Waals surface area contributed by atoms with Crippen molar-refractivity contribution >= 4 is 21.4 Å². The van der Waals surface area contributed by atoms with Gasteiger partial charge in [-0.25, -0.2) is 0 Å². The second kappa shape index (κ2) is 5.56. The first kappa shape index (κ1) is 8.43. The molecule has 0 amide bonds. The Kier molecular flexibility index (Phi) is 5.86. The largest absolute Gasteiger partial charge is 0.412 e. The van der Waals surface area contributed by atoms with E-state index in [9.17, 15) is 0 Å². The molecule has 1 atom stereocenters. The average Bonchev–Trinajstić information content (AvgIpc) is 1.83. The fourth-order valence-electron chi connectivity index (χ4n) is 0.222. The Morgan fingerprint density at radius 2 is 2.50 bits per heavy atom. The van der Waals surface area contributed by atoms with Gasteiger partial charge >= 0.3 is 0 Å². The minimum Gasteiger partial charge on any atom is -0.412 e. The fourth-order valence-corrected chi connectivity index (χ4v) is 0.855. The van der Waals surface area contributed by atoms with Crippen LogP contribution in [0.4, 0.5) is 0 Å². The summed E-state index contributed by atoms with van der Waals surface area (Å²) in [5, 5.41) is 0. The topological polar surface area (TPSA) is 35.2 Å². The lowest BCUT2D eigenvalue weighted by Crippen LogP contribution is -2.19. The lowest BCUT2D eigenvalue weighted by molar-refractivity contribution is 0.259. The average molecular weight is 152 g/mol. The van der Waals surface area contributed by atoms with Crippen LogP contribution < -0.4 is 5.73 Å². The molecule has 0 aliphatic rings. The predicted molar refractivity (Wildman–Crippen MR) is 36.1 cm³/mol. The summed E-state index contributed by atoms with van der Waals surface area (Å²) in [6.07, 6.45) is 0.750. The van der Waals surface area contributed by atoms with Crippen LogP contribution in [-0.2, 0) is 4.43 Å². The summed E-state index contributed by atoms with van der Waals surface area (Å²) < 4.78 is 5.11. The van der Waals surface area contributed by atoms with Crippen molar-refractivity contribution in [1.82, 2.24) is 0 Å². The zero-order valence-corrected chi connectivity index (χ0v) is 6.61. The van der Waals surface area contributed by atoms with Gasteiger partial charge in [-0.05, 0) is 6.92 Å². The maximum absolute atomic E-state index is 5.43. The maximum atomic E-state index is 5.43. The van der Waals surface area contributed by atoms with Crippen molar-refractivity contribution in [2.75, 3.05) is 12.0 Å². The smallest absolute Gasteiger partial charge is 0.245 e. The number of hydrogen-bond donors (Lipinski definition) is 1. The van der Waals surface area contributed by atoms with E-state index in [0.29, 0.717) is 21.8 Å². The molecule has 0 rings (SSSR count). The van der Waals surface area contributed by atoms with Crippen LogP contribution in [0.3, 0.4) is 0 Å². The first-order valence-corrected chi connectivity index (χ1v) is 4.10. The predicted octanol–water partition coefficient (Wildman–Crippen LogP) is 0.166. The van der Waals surface area contributed by atoms with Crippen LogP contribution in [-0.4, -0.2) is 27.9 Å². The third-order valence-electron chi connectivity index (χ3n) is 0.585. The molecule has 2 N–H and O–H groups in total. The van der Waals surface area contributed by atoms with E-state index in [1.165, 1.54) is 0 Å². The Morgan fingerprint density at radius 3 is 2.88 bits per heavy atom. The second-order valence-corrected chi connectivity index (χ2v) is 2.67. The molecule has 0 aromatic heterocycles. The highest BCUT2D eigenvalue weighted by Gasteiger charge is 1.96. The molecule has 0 spiro atoms. The van der Waals surface area contributed by atoms with Crippen molar-refractivity contribution < 1.29 is 4.43 Å². The number of rotatable bonds is 4. The molecular formula is C4H10ClNOSi. The van der Waals surface area contributed by atoms with E-state index >= 15 is 0 Å².